The molecule has 1 N–H and O–H groups in total. The number of hydrogen-bond acceptors (Lipinski definition) is 5. The zero-order chi connectivity index (χ0) is 22.4. The van der Waals surface area contributed by atoms with Gasteiger partial charge in [0.05, 0.1) is 0 Å². The maximum absolute atomic E-state index is 12.9. The van der Waals surface area contributed by atoms with Crippen LogP contribution in [0.25, 0.3) is 0 Å². The number of hydrogen-bond donors (Lipinski definition) is 1. The van der Waals surface area contributed by atoms with Crippen molar-refractivity contribution in [2.75, 3.05) is 6.54 Å². The lowest BCUT2D eigenvalue weighted by atomic mass is 9.88. The highest BCUT2D eigenvalue weighted by atomic mass is 16.5. The fourth-order valence-electron chi connectivity index (χ4n) is 3.86. The van der Waals surface area contributed by atoms with Crippen LogP contribution >= 0.6 is 0 Å². The lowest BCUT2D eigenvalue weighted by molar-refractivity contribution is -0.141. The largest absolute Gasteiger partial charge is 0.425 e. The molecule has 0 spiro atoms. The van der Waals surface area contributed by atoms with E-state index in [2.05, 4.69) is 5.32 Å². The molecule has 1 aliphatic heterocycles. The summed E-state index contributed by atoms with van der Waals surface area (Å²) in [6.45, 7) is 3.42. The Kier molecular flexibility index (Phi) is 6.84. The second kappa shape index (κ2) is 9.55. The van der Waals surface area contributed by atoms with Crippen LogP contribution in [0.1, 0.15) is 55.5 Å². The van der Waals surface area contributed by atoms with Crippen LogP contribution in [0.2, 0.25) is 0 Å². The number of esters is 1. The number of amides is 3. The van der Waals surface area contributed by atoms with E-state index < -0.39 is 24.1 Å². The third kappa shape index (κ3) is 4.82. The van der Waals surface area contributed by atoms with Gasteiger partial charge in [-0.3, -0.25) is 14.5 Å². The molecule has 0 aromatic heterocycles. The van der Waals surface area contributed by atoms with Gasteiger partial charge in [-0.2, -0.15) is 0 Å². The van der Waals surface area contributed by atoms with E-state index in [-0.39, 0.29) is 17.4 Å². The second-order valence-electron chi connectivity index (χ2n) is 7.60. The van der Waals surface area contributed by atoms with Gasteiger partial charge in [-0.15, -0.1) is 0 Å². The molecule has 0 bridgehead atoms. The Hall–Kier alpha value is -3.48. The highest BCUT2D eigenvalue weighted by molar-refractivity contribution is 6.09. The minimum absolute atomic E-state index is 0.138. The molecule has 0 saturated carbocycles. The van der Waals surface area contributed by atoms with Crippen LogP contribution < -0.4 is 10.1 Å². The summed E-state index contributed by atoms with van der Waals surface area (Å²) in [7, 11) is 0. The van der Waals surface area contributed by atoms with Gasteiger partial charge < -0.3 is 10.1 Å². The van der Waals surface area contributed by atoms with E-state index in [0.29, 0.717) is 24.0 Å². The molecule has 31 heavy (non-hydrogen) atoms. The molecule has 0 atom stereocenters. The normalized spacial score (nSPS) is 15.0. The lowest BCUT2D eigenvalue weighted by Gasteiger charge is -2.25. The molecule has 0 radical (unpaired) electrons. The van der Waals surface area contributed by atoms with Crippen molar-refractivity contribution in [2.24, 2.45) is 0 Å². The van der Waals surface area contributed by atoms with Crippen molar-refractivity contribution in [1.82, 2.24) is 10.2 Å². The smallest absolute Gasteiger partial charge is 0.331 e. The summed E-state index contributed by atoms with van der Waals surface area (Å²) in [6, 6.07) is 14.4. The quantitative estimate of drug-likeness (QED) is 0.288. The minimum atomic E-state index is -0.944. The molecule has 2 aromatic carbocycles. The molecule has 162 valence electrons. The molecule has 1 saturated heterocycles. The molecule has 7 heteroatoms. The van der Waals surface area contributed by atoms with Crippen molar-refractivity contribution in [3.63, 3.8) is 0 Å². The van der Waals surface area contributed by atoms with Crippen molar-refractivity contribution in [1.29, 1.82) is 0 Å². The Morgan fingerprint density at radius 2 is 1.48 bits per heavy atom. The average Bonchev–Trinajstić information content (AvgIpc) is 2.99. The number of nitrogens with one attached hydrogen (secondary N) is 1. The minimum Gasteiger partial charge on any atom is -0.425 e. The Labute approximate surface area is 181 Å². The molecule has 1 fully saturated rings. The molecule has 1 heterocycles. The number of carbonyl (C=O) groups is 4. The number of imide groups is 1. The summed E-state index contributed by atoms with van der Waals surface area (Å²) in [6.07, 6.45) is 2.51. The van der Waals surface area contributed by atoms with Crippen LogP contribution in [-0.2, 0) is 9.59 Å². The lowest BCUT2D eigenvalue weighted by Crippen LogP contribution is -2.47. The fourth-order valence-corrected chi connectivity index (χ4v) is 3.86. The van der Waals surface area contributed by atoms with Gasteiger partial charge in [0.15, 0.2) is 5.78 Å². The molecular formula is C24H26N2O5. The number of carbonyl (C=O) groups excluding carboxylic acids is 4. The van der Waals surface area contributed by atoms with Gasteiger partial charge in [0, 0.05) is 11.1 Å². The van der Waals surface area contributed by atoms with Crippen molar-refractivity contribution < 1.29 is 23.9 Å². The summed E-state index contributed by atoms with van der Waals surface area (Å²) >= 11 is 0. The summed E-state index contributed by atoms with van der Waals surface area (Å²) in [5.74, 6) is -1.02. The number of benzene rings is 2. The number of ketones is 1. The first kappa shape index (κ1) is 22.2. The van der Waals surface area contributed by atoms with E-state index in [1.807, 2.05) is 19.9 Å². The molecule has 1 aliphatic rings. The summed E-state index contributed by atoms with van der Waals surface area (Å²) in [5, 5.41) is 2.77. The van der Waals surface area contributed by atoms with E-state index in [1.165, 1.54) is 12.1 Å². The Morgan fingerprint density at radius 1 is 0.903 bits per heavy atom. The molecule has 7 nitrogen and oxygen atoms in total. The highest BCUT2D eigenvalue weighted by Gasteiger charge is 2.50. The molecule has 0 aliphatic carbocycles. The van der Waals surface area contributed by atoms with E-state index >= 15 is 0 Å². The maximum Gasteiger partial charge on any atom is 0.331 e. The van der Waals surface area contributed by atoms with E-state index in [1.54, 1.807) is 36.4 Å². The molecule has 3 rings (SSSR count). The topological polar surface area (TPSA) is 92.8 Å². The zero-order valence-corrected chi connectivity index (χ0v) is 17.7. The van der Waals surface area contributed by atoms with Crippen molar-refractivity contribution in [3.05, 3.63) is 65.7 Å². The van der Waals surface area contributed by atoms with Crippen LogP contribution in [0.4, 0.5) is 4.79 Å². The second-order valence-corrected chi connectivity index (χ2v) is 7.60. The Bertz CT molecular complexity index is 963. The molecule has 3 amide bonds. The van der Waals surface area contributed by atoms with Crippen LogP contribution in [0.15, 0.2) is 54.6 Å². The standard InChI is InChI=1S/C24H26N2O5/c1-3-14-24(15-4-2)22(29)26(23(30)25-24)16-20(27)31-19-12-10-18(11-13-19)21(28)17-8-6-5-7-9-17/h5-13H,3-4,14-16H2,1-2H3,(H,25,30). The predicted molar refractivity (Wildman–Crippen MR) is 115 cm³/mol. The van der Waals surface area contributed by atoms with Crippen molar-refractivity contribution in [2.45, 2.75) is 45.1 Å². The zero-order valence-electron chi connectivity index (χ0n) is 17.7. The number of ether oxygens (including phenoxy) is 1. The summed E-state index contributed by atoms with van der Waals surface area (Å²) < 4.78 is 5.28. The first-order chi connectivity index (χ1) is 14.9. The van der Waals surface area contributed by atoms with E-state index in [9.17, 15) is 19.2 Å². The molecule has 0 unspecified atom stereocenters. The highest BCUT2D eigenvalue weighted by Crippen LogP contribution is 2.28. The monoisotopic (exact) mass is 422 g/mol. The van der Waals surface area contributed by atoms with Crippen LogP contribution in [-0.4, -0.2) is 40.7 Å². The van der Waals surface area contributed by atoms with Gasteiger partial charge in [0.2, 0.25) is 0 Å². The third-order valence-corrected chi connectivity index (χ3v) is 5.27. The Balaban J connectivity index is 1.64. The van der Waals surface area contributed by atoms with E-state index in [4.69, 9.17) is 4.74 Å². The fraction of sp³-hybridized carbons (Fsp3) is 0.333. The Morgan fingerprint density at radius 3 is 2.06 bits per heavy atom. The maximum atomic E-state index is 12.9. The van der Waals surface area contributed by atoms with Gasteiger partial charge >= 0.3 is 12.0 Å². The van der Waals surface area contributed by atoms with Crippen LogP contribution in [0, 0.1) is 0 Å². The number of nitrogens with zero attached hydrogens (tertiary/aromatic N) is 1. The van der Waals surface area contributed by atoms with Gasteiger partial charge in [0.25, 0.3) is 5.91 Å². The third-order valence-electron chi connectivity index (χ3n) is 5.27. The average molecular weight is 422 g/mol. The first-order valence-electron chi connectivity index (χ1n) is 10.4. The van der Waals surface area contributed by atoms with Crippen LogP contribution in [0.3, 0.4) is 0 Å². The summed E-state index contributed by atoms with van der Waals surface area (Å²) in [4.78, 5) is 50.9. The van der Waals surface area contributed by atoms with Gasteiger partial charge in [-0.1, -0.05) is 57.0 Å². The van der Waals surface area contributed by atoms with E-state index in [0.717, 1.165) is 17.7 Å². The van der Waals surface area contributed by atoms with Gasteiger partial charge in [-0.05, 0) is 37.1 Å². The number of urea groups is 1. The number of rotatable bonds is 9. The van der Waals surface area contributed by atoms with Crippen LogP contribution in [0.5, 0.6) is 5.75 Å². The van der Waals surface area contributed by atoms with Crippen molar-refractivity contribution >= 4 is 23.7 Å². The molecule has 2 aromatic rings. The van der Waals surface area contributed by atoms with Gasteiger partial charge in [-0.25, -0.2) is 9.59 Å². The van der Waals surface area contributed by atoms with Gasteiger partial charge in [0.1, 0.15) is 17.8 Å². The SMILES string of the molecule is CCCC1(CCC)NC(=O)N(CC(=O)Oc2ccc(C(=O)c3ccccc3)cc2)C1=O. The predicted octanol–water partition coefficient (Wildman–Crippen LogP) is 3.71. The van der Waals surface area contributed by atoms with Crippen molar-refractivity contribution in [3.8, 4) is 5.75 Å². The summed E-state index contributed by atoms with van der Waals surface area (Å²) in [5.41, 5.74) is 0.0813. The molecular weight excluding hydrogens is 396 g/mol. The first-order valence-corrected chi connectivity index (χ1v) is 10.4.